The van der Waals surface area contributed by atoms with Crippen molar-refractivity contribution >= 4 is 40.0 Å². The van der Waals surface area contributed by atoms with Crippen molar-refractivity contribution in [3.05, 3.63) is 0 Å². The molecule has 0 bridgehead atoms. The Morgan fingerprint density at radius 1 is 0.889 bits per heavy atom. The molecule has 0 radical (unpaired) electrons. The molecule has 0 fully saturated rings. The Labute approximate surface area is 172 Å². The fraction of sp³-hybridized carbons (Fsp3) is 1.00. The lowest BCUT2D eigenvalue weighted by atomic mass is 10.0. The smallest absolute Gasteiger partial charge is 0.303 e. The van der Waals surface area contributed by atoms with E-state index in [0.29, 0.717) is 6.42 Å². The average Bonchev–Trinajstić information content (AvgIpc) is 2.50. The molecule has 0 aliphatic carbocycles. The Hall–Kier alpha value is 0.790. The molecule has 0 aromatic heterocycles. The van der Waals surface area contributed by atoms with E-state index in [9.17, 15) is 9.13 Å². The zero-order chi connectivity index (χ0) is 20.8. The third-order valence-electron chi connectivity index (χ3n) is 3.40. The summed E-state index contributed by atoms with van der Waals surface area (Å²) in [5.41, 5.74) is -1.29. The lowest BCUT2D eigenvalue weighted by Crippen LogP contribution is -2.24. The van der Waals surface area contributed by atoms with Crippen LogP contribution in [-0.2, 0) is 28.3 Å². The van der Waals surface area contributed by atoms with Gasteiger partial charge in [-0.3, -0.25) is 4.52 Å². The number of hydrogen-bond donors (Lipinski definition) is 2. The van der Waals surface area contributed by atoms with E-state index in [4.69, 9.17) is 19.2 Å². The maximum absolute atomic E-state index is 10.9. The van der Waals surface area contributed by atoms with Crippen molar-refractivity contribution in [1.29, 1.82) is 0 Å². The first-order valence-corrected chi connectivity index (χ1v) is 13.3. The van der Waals surface area contributed by atoms with Crippen molar-refractivity contribution in [2.24, 2.45) is 0 Å². The third kappa shape index (κ3) is 19.9. The molecule has 0 unspecified atom stereocenters. The summed E-state index contributed by atoms with van der Waals surface area (Å²) in [5.74, 6) is 4.15. The van der Waals surface area contributed by atoms with Gasteiger partial charge in [-0.25, -0.2) is 9.13 Å². The van der Waals surface area contributed by atoms with Gasteiger partial charge >= 0.3 is 16.5 Å². The highest BCUT2D eigenvalue weighted by atomic mass is 32.2. The summed E-state index contributed by atoms with van der Waals surface area (Å²) < 4.78 is 29.9. The zero-order valence-corrected chi connectivity index (χ0v) is 19.8. The second-order valence-electron chi connectivity index (χ2n) is 7.19. The first kappa shape index (κ1) is 27.8. The predicted octanol–water partition coefficient (Wildman–Crippen LogP) is 5.16. The minimum Gasteiger partial charge on any atom is -0.303 e. The Morgan fingerprint density at radius 3 is 1.85 bits per heavy atom. The molecular formula is C15H32O8P2S2. The average molecular weight is 466 g/mol. The van der Waals surface area contributed by atoms with E-state index in [1.807, 2.05) is 37.4 Å². The van der Waals surface area contributed by atoms with Crippen LogP contribution in [0, 0.1) is 0 Å². The first-order chi connectivity index (χ1) is 12.5. The predicted molar refractivity (Wildman–Crippen MR) is 110 cm³/mol. The minimum atomic E-state index is -4.43. The summed E-state index contributed by atoms with van der Waals surface area (Å²) >= 11 is 3.75. The maximum atomic E-state index is 10.9. The highest BCUT2D eigenvalue weighted by Crippen LogP contribution is 2.42. The number of thioether (sulfide) groups is 2. The zero-order valence-electron chi connectivity index (χ0n) is 16.4. The van der Waals surface area contributed by atoms with Gasteiger partial charge in [0.15, 0.2) is 0 Å². The molecule has 0 aromatic carbocycles. The van der Waals surface area contributed by atoms with Crippen LogP contribution < -0.4 is 0 Å². The van der Waals surface area contributed by atoms with Gasteiger partial charge in [-0.15, -0.1) is 4.67 Å². The fourth-order valence-electron chi connectivity index (χ4n) is 2.20. The standard InChI is InChI=1S/C15H32O8P2S2/c1-14(2,20-22-23-24-16)8-5-10-26-12-7-13-27-11-6-9-15(3,4)21-25(17,18)19/h5-13H2,1-4H3,(H2,17,18,19). The van der Waals surface area contributed by atoms with Crippen LogP contribution in [0.5, 0.6) is 0 Å². The lowest BCUT2D eigenvalue weighted by Gasteiger charge is -2.25. The van der Waals surface area contributed by atoms with E-state index in [0.717, 1.165) is 48.7 Å². The van der Waals surface area contributed by atoms with Crippen molar-refractivity contribution in [1.82, 2.24) is 0 Å². The van der Waals surface area contributed by atoms with E-state index in [-0.39, 0.29) is 0 Å². The second-order valence-corrected chi connectivity index (χ2v) is 11.1. The molecule has 27 heavy (non-hydrogen) atoms. The molecule has 0 saturated carbocycles. The van der Waals surface area contributed by atoms with Crippen molar-refractivity contribution in [3.63, 3.8) is 0 Å². The summed E-state index contributed by atoms with van der Waals surface area (Å²) in [4.78, 5) is 22.7. The number of rotatable bonds is 18. The third-order valence-corrected chi connectivity index (χ3v) is 6.56. The molecule has 8 nitrogen and oxygen atoms in total. The normalized spacial score (nSPS) is 13.4. The monoisotopic (exact) mass is 466 g/mol. The summed E-state index contributed by atoms with van der Waals surface area (Å²) in [5, 5.41) is 4.35. The van der Waals surface area contributed by atoms with Crippen LogP contribution >= 0.6 is 40.0 Å². The van der Waals surface area contributed by atoms with E-state index >= 15 is 0 Å². The number of phosphoric ester groups is 1. The summed E-state index contributed by atoms with van der Waals surface area (Å²) in [6.07, 6.45) is 4.38. The molecule has 0 spiro atoms. The molecule has 0 aromatic rings. The van der Waals surface area contributed by atoms with Crippen LogP contribution in [0.25, 0.3) is 0 Å². The van der Waals surface area contributed by atoms with E-state index in [1.165, 1.54) is 0 Å². The van der Waals surface area contributed by atoms with E-state index in [1.54, 1.807) is 13.8 Å². The molecule has 0 amide bonds. The van der Waals surface area contributed by atoms with Crippen molar-refractivity contribution < 1.29 is 38.0 Å². The van der Waals surface area contributed by atoms with Crippen molar-refractivity contribution in [3.8, 4) is 0 Å². The molecule has 0 atom stereocenters. The van der Waals surface area contributed by atoms with Gasteiger partial charge in [-0.05, 0) is 82.8 Å². The largest absolute Gasteiger partial charge is 0.470 e. The van der Waals surface area contributed by atoms with Crippen LogP contribution in [0.15, 0.2) is 0 Å². The van der Waals surface area contributed by atoms with Crippen LogP contribution in [0.2, 0.25) is 0 Å². The highest BCUT2D eigenvalue weighted by molar-refractivity contribution is 8.00. The molecule has 0 heterocycles. The molecule has 0 aliphatic heterocycles. The lowest BCUT2D eigenvalue weighted by molar-refractivity contribution is -0.497. The van der Waals surface area contributed by atoms with Gasteiger partial charge in [-0.2, -0.15) is 28.4 Å². The van der Waals surface area contributed by atoms with Gasteiger partial charge in [0.2, 0.25) is 0 Å². The topological polar surface area (TPSA) is 112 Å². The van der Waals surface area contributed by atoms with Crippen LogP contribution in [0.1, 0.15) is 59.8 Å². The fourth-order valence-corrected chi connectivity index (χ4v) is 4.97. The second kappa shape index (κ2) is 14.7. The Morgan fingerprint density at radius 2 is 1.37 bits per heavy atom. The Kier molecular flexibility index (Phi) is 15.2. The van der Waals surface area contributed by atoms with Gasteiger partial charge in [0, 0.05) is 0 Å². The van der Waals surface area contributed by atoms with Crippen molar-refractivity contribution in [2.45, 2.75) is 71.0 Å². The van der Waals surface area contributed by atoms with Gasteiger partial charge in [0.25, 0.3) is 0 Å². The molecule has 0 saturated heterocycles. The van der Waals surface area contributed by atoms with Crippen LogP contribution in [0.3, 0.4) is 0 Å². The highest BCUT2D eigenvalue weighted by Gasteiger charge is 2.28. The summed E-state index contributed by atoms with van der Waals surface area (Å²) in [7, 11) is -5.00. The minimum absolute atomic E-state index is 0.488. The van der Waals surface area contributed by atoms with E-state index in [2.05, 4.69) is 9.71 Å². The molecule has 0 rings (SSSR count). The summed E-state index contributed by atoms with van der Waals surface area (Å²) in [6.45, 7) is 7.15. The van der Waals surface area contributed by atoms with Crippen LogP contribution in [0.4, 0.5) is 0 Å². The first-order valence-electron chi connectivity index (χ1n) is 8.73. The van der Waals surface area contributed by atoms with Gasteiger partial charge < -0.3 is 9.79 Å². The molecule has 162 valence electrons. The summed E-state index contributed by atoms with van der Waals surface area (Å²) in [6, 6.07) is 0. The molecular weight excluding hydrogens is 434 g/mol. The van der Waals surface area contributed by atoms with E-state index < -0.39 is 27.7 Å². The Balaban J connectivity index is 3.50. The quantitative estimate of drug-likeness (QED) is 0.122. The van der Waals surface area contributed by atoms with Crippen LogP contribution in [-0.4, -0.2) is 44.0 Å². The SMILES string of the molecule is CC(C)(CCCSCCCSCCCC(C)(C)OP(=O)(O)O)OOOP=O. The molecule has 0 aliphatic rings. The molecule has 12 heteroatoms. The van der Waals surface area contributed by atoms with Gasteiger partial charge in [0.05, 0.1) is 5.60 Å². The van der Waals surface area contributed by atoms with Gasteiger partial charge in [0.1, 0.15) is 5.60 Å². The maximum Gasteiger partial charge on any atom is 0.470 e. The Bertz CT molecular complexity index is 446. The molecule has 2 N–H and O–H groups in total. The number of phosphoric acid groups is 1. The van der Waals surface area contributed by atoms with Gasteiger partial charge in [-0.1, -0.05) is 5.04 Å². The van der Waals surface area contributed by atoms with Crippen molar-refractivity contribution in [2.75, 3.05) is 23.0 Å². The number of hydrogen-bond acceptors (Lipinski definition) is 8.